The van der Waals surface area contributed by atoms with Gasteiger partial charge >= 0.3 is 0 Å². The van der Waals surface area contributed by atoms with E-state index in [1.807, 2.05) is 24.4 Å². The van der Waals surface area contributed by atoms with Gasteiger partial charge in [0.15, 0.2) is 5.58 Å². The van der Waals surface area contributed by atoms with Crippen molar-refractivity contribution in [2.24, 2.45) is 0 Å². The van der Waals surface area contributed by atoms with Crippen LogP contribution >= 0.6 is 0 Å². The van der Waals surface area contributed by atoms with Crippen LogP contribution < -0.4 is 0 Å². The Balaban J connectivity index is 2.19. The summed E-state index contributed by atoms with van der Waals surface area (Å²) in [6.07, 6.45) is 5.32. The van der Waals surface area contributed by atoms with Crippen LogP contribution in [0.25, 0.3) is 33.1 Å². The molecule has 0 N–H and O–H groups in total. The summed E-state index contributed by atoms with van der Waals surface area (Å²) in [7, 11) is 0. The van der Waals surface area contributed by atoms with Crippen LogP contribution in [0, 0.1) is 6.92 Å². The van der Waals surface area contributed by atoms with E-state index in [2.05, 4.69) is 35.1 Å². The quantitative estimate of drug-likeness (QED) is 0.510. The van der Waals surface area contributed by atoms with E-state index in [9.17, 15) is 0 Å². The number of furan rings is 1. The van der Waals surface area contributed by atoms with Crippen molar-refractivity contribution >= 4 is 21.9 Å². The first-order chi connectivity index (χ1) is 9.84. The van der Waals surface area contributed by atoms with Gasteiger partial charge in [-0.15, -0.1) is 0 Å². The van der Waals surface area contributed by atoms with E-state index in [1.165, 1.54) is 0 Å². The number of hydrogen-bond acceptors (Lipinski definition) is 3. The highest BCUT2D eigenvalue weighted by atomic mass is 16.3. The van der Waals surface area contributed by atoms with Gasteiger partial charge in [0.1, 0.15) is 5.52 Å². The third kappa shape index (κ3) is 1.53. The molecule has 0 unspecified atom stereocenters. The number of aryl methyl sites for hydroxylation is 1. The number of fused-ring (bicyclic) bond motifs is 3. The van der Waals surface area contributed by atoms with E-state index < -0.39 is 0 Å². The molecule has 0 saturated carbocycles. The minimum Gasteiger partial charge on any atom is -0.462 e. The van der Waals surface area contributed by atoms with Crippen LogP contribution in [0.5, 0.6) is 0 Å². The van der Waals surface area contributed by atoms with Gasteiger partial charge in [-0.1, -0.05) is 12.1 Å². The molecule has 0 aliphatic carbocycles. The highest BCUT2D eigenvalue weighted by Gasteiger charge is 2.13. The third-order valence-corrected chi connectivity index (χ3v) is 3.57. The largest absolute Gasteiger partial charge is 0.462 e. The minimum atomic E-state index is 0.831. The molecule has 0 amide bonds. The molecule has 0 atom stereocenters. The van der Waals surface area contributed by atoms with E-state index in [1.54, 1.807) is 12.5 Å². The number of hydrogen-bond donors (Lipinski definition) is 0. The van der Waals surface area contributed by atoms with E-state index in [4.69, 9.17) is 4.42 Å². The molecule has 0 aliphatic rings. The molecule has 3 heterocycles. The van der Waals surface area contributed by atoms with Crippen LogP contribution in [0.2, 0.25) is 0 Å². The molecule has 4 rings (SSSR count). The first kappa shape index (κ1) is 11.2. The first-order valence-electron chi connectivity index (χ1n) is 6.51. The smallest absolute Gasteiger partial charge is 0.160 e. The highest BCUT2D eigenvalue weighted by molar-refractivity contribution is 6.09. The van der Waals surface area contributed by atoms with Crippen molar-refractivity contribution in [3.63, 3.8) is 0 Å². The van der Waals surface area contributed by atoms with Crippen LogP contribution in [-0.2, 0) is 0 Å². The zero-order valence-electron chi connectivity index (χ0n) is 11.0. The van der Waals surface area contributed by atoms with Crippen LogP contribution in [0.1, 0.15) is 5.56 Å². The van der Waals surface area contributed by atoms with Crippen molar-refractivity contribution in [2.45, 2.75) is 6.92 Å². The SMILES string of the molecule is Cc1cccnc1-c1cc2ccoc2c2ncccc12. The fourth-order valence-corrected chi connectivity index (χ4v) is 2.63. The van der Waals surface area contributed by atoms with E-state index in [0.717, 1.165) is 38.7 Å². The van der Waals surface area contributed by atoms with Gasteiger partial charge in [-0.2, -0.15) is 0 Å². The van der Waals surface area contributed by atoms with Crippen LogP contribution in [-0.4, -0.2) is 9.97 Å². The highest BCUT2D eigenvalue weighted by Crippen LogP contribution is 2.34. The molecule has 3 nitrogen and oxygen atoms in total. The predicted molar refractivity (Wildman–Crippen MR) is 79.5 cm³/mol. The summed E-state index contributed by atoms with van der Waals surface area (Å²) < 4.78 is 5.57. The standard InChI is InChI=1S/C17H12N2O/c1-11-4-2-7-18-15(11)14-10-12-6-9-20-17(12)16-13(14)5-3-8-19-16/h2-10H,1H3. The lowest BCUT2D eigenvalue weighted by Gasteiger charge is -2.08. The Morgan fingerprint density at radius 3 is 2.75 bits per heavy atom. The molecule has 0 spiro atoms. The minimum absolute atomic E-state index is 0.831. The number of aromatic nitrogens is 2. The molecule has 1 aromatic carbocycles. The summed E-state index contributed by atoms with van der Waals surface area (Å²) >= 11 is 0. The molecule has 3 heteroatoms. The second-order valence-corrected chi connectivity index (χ2v) is 4.83. The lowest BCUT2D eigenvalue weighted by Crippen LogP contribution is -1.90. The van der Waals surface area contributed by atoms with Gasteiger partial charge in [0.25, 0.3) is 0 Å². The lowest BCUT2D eigenvalue weighted by molar-refractivity contribution is 0.618. The Labute approximate surface area is 115 Å². The maximum absolute atomic E-state index is 5.57. The van der Waals surface area contributed by atoms with E-state index in [0.29, 0.717) is 0 Å². The van der Waals surface area contributed by atoms with Gasteiger partial charge in [0.2, 0.25) is 0 Å². The van der Waals surface area contributed by atoms with Crippen molar-refractivity contribution in [3.05, 3.63) is 60.6 Å². The topological polar surface area (TPSA) is 38.9 Å². The molecule has 0 fully saturated rings. The summed E-state index contributed by atoms with van der Waals surface area (Å²) in [4.78, 5) is 9.01. The molecular weight excluding hydrogens is 248 g/mol. The van der Waals surface area contributed by atoms with Gasteiger partial charge in [-0.25, -0.2) is 0 Å². The zero-order valence-corrected chi connectivity index (χ0v) is 11.0. The summed E-state index contributed by atoms with van der Waals surface area (Å²) in [5.41, 5.74) is 4.96. The Morgan fingerprint density at radius 2 is 1.85 bits per heavy atom. The average Bonchev–Trinajstić information content (AvgIpc) is 2.96. The molecule has 0 radical (unpaired) electrons. The Hall–Kier alpha value is -2.68. The van der Waals surface area contributed by atoms with Crippen molar-refractivity contribution in [1.29, 1.82) is 0 Å². The number of rotatable bonds is 1. The zero-order chi connectivity index (χ0) is 13.5. The van der Waals surface area contributed by atoms with Gasteiger partial charge in [-0.05, 0) is 36.8 Å². The van der Waals surface area contributed by atoms with Crippen molar-refractivity contribution in [2.75, 3.05) is 0 Å². The summed E-state index contributed by atoms with van der Waals surface area (Å²) in [5.74, 6) is 0. The maximum Gasteiger partial charge on any atom is 0.160 e. The van der Waals surface area contributed by atoms with Crippen LogP contribution in [0.3, 0.4) is 0 Å². The molecule has 0 aliphatic heterocycles. The molecule has 4 aromatic rings. The Kier molecular flexibility index (Phi) is 2.33. The Morgan fingerprint density at radius 1 is 1.00 bits per heavy atom. The molecule has 96 valence electrons. The molecule has 20 heavy (non-hydrogen) atoms. The van der Waals surface area contributed by atoms with Gasteiger partial charge in [0.05, 0.1) is 12.0 Å². The summed E-state index contributed by atoms with van der Waals surface area (Å²) in [5, 5.41) is 2.12. The first-order valence-corrected chi connectivity index (χ1v) is 6.51. The van der Waals surface area contributed by atoms with Crippen LogP contribution in [0.15, 0.2) is 59.5 Å². The monoisotopic (exact) mass is 260 g/mol. The molecule has 3 aromatic heterocycles. The van der Waals surface area contributed by atoms with Crippen molar-refractivity contribution in [1.82, 2.24) is 9.97 Å². The molecule has 0 bridgehead atoms. The van der Waals surface area contributed by atoms with E-state index >= 15 is 0 Å². The number of nitrogens with zero attached hydrogens (tertiary/aromatic N) is 2. The fraction of sp³-hybridized carbons (Fsp3) is 0.0588. The Bertz CT molecular complexity index is 924. The van der Waals surface area contributed by atoms with Gasteiger partial charge < -0.3 is 4.42 Å². The predicted octanol–water partition coefficient (Wildman–Crippen LogP) is 4.35. The number of pyridine rings is 2. The van der Waals surface area contributed by atoms with E-state index in [-0.39, 0.29) is 0 Å². The molecule has 0 saturated heterocycles. The third-order valence-electron chi connectivity index (χ3n) is 3.57. The fourth-order valence-electron chi connectivity index (χ4n) is 2.63. The summed E-state index contributed by atoms with van der Waals surface area (Å²) in [6.45, 7) is 2.07. The van der Waals surface area contributed by atoms with Crippen LogP contribution in [0.4, 0.5) is 0 Å². The summed E-state index contributed by atoms with van der Waals surface area (Å²) in [6, 6.07) is 12.1. The van der Waals surface area contributed by atoms with Gasteiger partial charge in [-0.3, -0.25) is 9.97 Å². The number of benzene rings is 1. The van der Waals surface area contributed by atoms with Crippen molar-refractivity contribution in [3.8, 4) is 11.3 Å². The van der Waals surface area contributed by atoms with Gasteiger partial charge in [0, 0.05) is 28.7 Å². The van der Waals surface area contributed by atoms with Crippen molar-refractivity contribution < 1.29 is 4.42 Å². The average molecular weight is 260 g/mol. The second-order valence-electron chi connectivity index (χ2n) is 4.83. The maximum atomic E-state index is 5.57. The molecular formula is C17H12N2O. The second kappa shape index (κ2) is 4.17. The normalized spacial score (nSPS) is 11.2. The lowest BCUT2D eigenvalue weighted by atomic mass is 10.00.